The second-order valence-electron chi connectivity index (χ2n) is 6.21. The molecule has 0 bridgehead atoms. The fraction of sp³-hybridized carbons (Fsp3) is 0.130. The van der Waals surface area contributed by atoms with Crippen molar-refractivity contribution in [1.82, 2.24) is 5.32 Å². The molecular formula is C23H22FNO. The highest BCUT2D eigenvalue weighted by Gasteiger charge is 2.22. The Labute approximate surface area is 153 Å². The van der Waals surface area contributed by atoms with E-state index >= 15 is 0 Å². The first-order valence-corrected chi connectivity index (χ1v) is 8.62. The lowest BCUT2D eigenvalue weighted by Gasteiger charge is -2.27. The smallest absolute Gasteiger partial charge is 0.123 e. The summed E-state index contributed by atoms with van der Waals surface area (Å²) in [5, 5.41) is 13.6. The summed E-state index contributed by atoms with van der Waals surface area (Å²) in [4.78, 5) is 0. The van der Waals surface area contributed by atoms with Gasteiger partial charge in [0.1, 0.15) is 11.6 Å². The molecule has 3 aromatic carbocycles. The number of hydrogen-bond acceptors (Lipinski definition) is 2. The highest BCUT2D eigenvalue weighted by molar-refractivity contribution is 5.34. The van der Waals surface area contributed by atoms with Gasteiger partial charge in [-0.2, -0.15) is 0 Å². The van der Waals surface area contributed by atoms with Crippen LogP contribution in [0.15, 0.2) is 91.5 Å². The average Bonchev–Trinajstić information content (AvgIpc) is 2.68. The van der Waals surface area contributed by atoms with Crippen LogP contribution in [0.4, 0.5) is 4.39 Å². The molecule has 3 heteroatoms. The second kappa shape index (κ2) is 8.45. The first-order chi connectivity index (χ1) is 12.7. The Morgan fingerprint density at radius 2 is 1.54 bits per heavy atom. The van der Waals surface area contributed by atoms with Gasteiger partial charge >= 0.3 is 0 Å². The van der Waals surface area contributed by atoms with E-state index in [1.54, 1.807) is 24.3 Å². The largest absolute Gasteiger partial charge is 0.508 e. The first-order valence-electron chi connectivity index (χ1n) is 8.62. The van der Waals surface area contributed by atoms with Crippen LogP contribution in [0.5, 0.6) is 5.75 Å². The molecule has 2 N–H and O–H groups in total. The summed E-state index contributed by atoms with van der Waals surface area (Å²) < 4.78 is 13.3. The Hall–Kier alpha value is -2.91. The molecule has 3 rings (SSSR count). The number of halogens is 1. The molecule has 132 valence electrons. The standard InChI is InChI=1S/C23H22FNO/c1-2-21(17-12-14-20(24)15-13-17)23(18-8-4-3-5-9-18)25-16-19-10-6-7-11-22(19)26/h2-15,21,23,25-26H,1,16H2/t21-,23-/m1/s1. The van der Waals surface area contributed by atoms with Gasteiger partial charge in [0.15, 0.2) is 0 Å². The third-order valence-electron chi connectivity index (χ3n) is 4.53. The van der Waals surface area contributed by atoms with E-state index in [0.29, 0.717) is 6.54 Å². The van der Waals surface area contributed by atoms with Crippen LogP contribution in [-0.4, -0.2) is 5.11 Å². The Morgan fingerprint density at radius 1 is 0.885 bits per heavy atom. The van der Waals surface area contributed by atoms with Crippen molar-refractivity contribution in [1.29, 1.82) is 0 Å². The molecule has 2 atom stereocenters. The molecule has 0 aliphatic heterocycles. The van der Waals surface area contributed by atoms with Crippen molar-refractivity contribution in [3.63, 3.8) is 0 Å². The van der Waals surface area contributed by atoms with Gasteiger partial charge in [0.05, 0.1) is 0 Å². The van der Waals surface area contributed by atoms with Crippen molar-refractivity contribution >= 4 is 0 Å². The van der Waals surface area contributed by atoms with Crippen LogP contribution in [0.1, 0.15) is 28.7 Å². The molecule has 2 nitrogen and oxygen atoms in total. The summed E-state index contributed by atoms with van der Waals surface area (Å²) in [6.07, 6.45) is 1.88. The van der Waals surface area contributed by atoms with Crippen molar-refractivity contribution < 1.29 is 9.50 Å². The van der Waals surface area contributed by atoms with Gasteiger partial charge in [0.25, 0.3) is 0 Å². The summed E-state index contributed by atoms with van der Waals surface area (Å²) >= 11 is 0. The van der Waals surface area contributed by atoms with Crippen LogP contribution < -0.4 is 5.32 Å². The molecule has 0 radical (unpaired) electrons. The van der Waals surface area contributed by atoms with Gasteiger partial charge in [-0.25, -0.2) is 4.39 Å². The Bertz CT molecular complexity index is 846. The van der Waals surface area contributed by atoms with Crippen LogP contribution in [0, 0.1) is 5.82 Å². The van der Waals surface area contributed by atoms with Crippen LogP contribution >= 0.6 is 0 Å². The predicted molar refractivity (Wildman–Crippen MR) is 103 cm³/mol. The zero-order valence-electron chi connectivity index (χ0n) is 14.5. The molecule has 0 amide bonds. The van der Waals surface area contributed by atoms with E-state index in [1.807, 2.05) is 36.4 Å². The number of benzene rings is 3. The summed E-state index contributed by atoms with van der Waals surface area (Å²) in [5.74, 6) is -0.0254. The summed E-state index contributed by atoms with van der Waals surface area (Å²) in [6.45, 7) is 4.51. The van der Waals surface area contributed by atoms with Crippen molar-refractivity contribution in [2.45, 2.75) is 18.5 Å². The van der Waals surface area contributed by atoms with Crippen LogP contribution in [0.2, 0.25) is 0 Å². The molecule has 0 unspecified atom stereocenters. The molecule has 0 heterocycles. The number of aromatic hydroxyl groups is 1. The number of nitrogens with one attached hydrogen (secondary N) is 1. The minimum atomic E-state index is -0.255. The molecule has 0 saturated carbocycles. The molecule has 0 fully saturated rings. The quantitative estimate of drug-likeness (QED) is 0.566. The summed E-state index contributed by atoms with van der Waals surface area (Å²) in [5.41, 5.74) is 2.92. The zero-order chi connectivity index (χ0) is 18.4. The van der Waals surface area contributed by atoms with E-state index in [2.05, 4.69) is 24.0 Å². The minimum absolute atomic E-state index is 0.0381. The van der Waals surface area contributed by atoms with Crippen molar-refractivity contribution in [2.24, 2.45) is 0 Å². The normalized spacial score (nSPS) is 13.1. The van der Waals surface area contributed by atoms with Gasteiger partial charge in [-0.15, -0.1) is 6.58 Å². The van der Waals surface area contributed by atoms with Crippen molar-refractivity contribution in [3.8, 4) is 5.75 Å². The Balaban J connectivity index is 1.91. The molecule has 26 heavy (non-hydrogen) atoms. The molecular weight excluding hydrogens is 325 g/mol. The Kier molecular flexibility index (Phi) is 5.82. The van der Waals surface area contributed by atoms with E-state index in [1.165, 1.54) is 12.1 Å². The van der Waals surface area contributed by atoms with E-state index in [0.717, 1.165) is 16.7 Å². The third-order valence-corrected chi connectivity index (χ3v) is 4.53. The maximum absolute atomic E-state index is 13.3. The van der Waals surface area contributed by atoms with Gasteiger partial charge in [0.2, 0.25) is 0 Å². The maximum Gasteiger partial charge on any atom is 0.123 e. The minimum Gasteiger partial charge on any atom is -0.508 e. The zero-order valence-corrected chi connectivity index (χ0v) is 14.5. The molecule has 0 saturated heterocycles. The fourth-order valence-corrected chi connectivity index (χ4v) is 3.14. The van der Waals surface area contributed by atoms with Gasteiger partial charge < -0.3 is 10.4 Å². The number of phenolic OH excluding ortho intramolecular Hbond substituents is 1. The highest BCUT2D eigenvalue weighted by Crippen LogP contribution is 2.33. The number of phenols is 1. The van der Waals surface area contributed by atoms with Gasteiger partial charge in [-0.05, 0) is 29.3 Å². The topological polar surface area (TPSA) is 32.3 Å². The number of hydrogen-bond donors (Lipinski definition) is 2. The maximum atomic E-state index is 13.3. The van der Waals surface area contributed by atoms with E-state index in [4.69, 9.17) is 0 Å². The third kappa shape index (κ3) is 4.19. The van der Waals surface area contributed by atoms with E-state index in [-0.39, 0.29) is 23.5 Å². The second-order valence-corrected chi connectivity index (χ2v) is 6.21. The first kappa shape index (κ1) is 17.9. The monoisotopic (exact) mass is 347 g/mol. The number of para-hydroxylation sites is 1. The van der Waals surface area contributed by atoms with Crippen LogP contribution in [0.25, 0.3) is 0 Å². The lowest BCUT2D eigenvalue weighted by molar-refractivity contribution is 0.449. The highest BCUT2D eigenvalue weighted by atomic mass is 19.1. The van der Waals surface area contributed by atoms with Crippen molar-refractivity contribution in [2.75, 3.05) is 0 Å². The molecule has 0 aliphatic rings. The average molecular weight is 347 g/mol. The molecule has 0 spiro atoms. The van der Waals surface area contributed by atoms with Gasteiger partial charge in [-0.1, -0.05) is 66.7 Å². The van der Waals surface area contributed by atoms with Crippen LogP contribution in [-0.2, 0) is 6.54 Å². The van der Waals surface area contributed by atoms with Gasteiger partial charge in [-0.3, -0.25) is 0 Å². The van der Waals surface area contributed by atoms with Crippen LogP contribution in [0.3, 0.4) is 0 Å². The lowest BCUT2D eigenvalue weighted by atomic mass is 9.87. The van der Waals surface area contributed by atoms with Gasteiger partial charge in [0, 0.05) is 24.1 Å². The van der Waals surface area contributed by atoms with Crippen molar-refractivity contribution in [3.05, 3.63) is 114 Å². The summed E-state index contributed by atoms with van der Waals surface area (Å²) in [7, 11) is 0. The number of rotatable bonds is 7. The fourth-order valence-electron chi connectivity index (χ4n) is 3.14. The SMILES string of the molecule is C=C[C@H](c1ccc(F)cc1)[C@H](NCc1ccccc1O)c1ccccc1. The van der Waals surface area contributed by atoms with E-state index < -0.39 is 0 Å². The Morgan fingerprint density at radius 3 is 2.19 bits per heavy atom. The molecule has 0 aromatic heterocycles. The predicted octanol–water partition coefficient (Wildman–Crippen LogP) is 5.33. The lowest BCUT2D eigenvalue weighted by Crippen LogP contribution is -2.26. The molecule has 3 aromatic rings. The van der Waals surface area contributed by atoms with E-state index in [9.17, 15) is 9.50 Å². The summed E-state index contributed by atoms with van der Waals surface area (Å²) in [6, 6.07) is 23.8. The molecule has 0 aliphatic carbocycles.